The van der Waals surface area contributed by atoms with Gasteiger partial charge in [-0.1, -0.05) is 0 Å². The lowest BCUT2D eigenvalue weighted by Gasteiger charge is -2.01. The molecule has 0 bridgehead atoms. The van der Waals surface area contributed by atoms with Gasteiger partial charge in [-0.05, 0) is 6.92 Å². The third kappa shape index (κ3) is 1.29. The zero-order valence-electron chi connectivity index (χ0n) is 6.73. The number of hydrogen-bond donors (Lipinski definition) is 1. The number of hydrogen-bond acceptors (Lipinski definition) is 5. The maximum atomic E-state index is 11.1. The molecule has 6 heteroatoms. The van der Waals surface area contributed by atoms with Crippen molar-refractivity contribution in [3.8, 4) is 0 Å². The molecule has 0 radical (unpaired) electrons. The van der Waals surface area contributed by atoms with Gasteiger partial charge in [0.25, 0.3) is 0 Å². The van der Waals surface area contributed by atoms with Gasteiger partial charge in [0.05, 0.1) is 16.1 Å². The molecule has 1 saturated heterocycles. The van der Waals surface area contributed by atoms with Gasteiger partial charge in [0.1, 0.15) is 0 Å². The first kappa shape index (κ1) is 8.18. The van der Waals surface area contributed by atoms with Gasteiger partial charge in [-0.15, -0.1) is 11.3 Å². The summed E-state index contributed by atoms with van der Waals surface area (Å²) in [5.74, 6) is -0.558. The molecule has 13 heavy (non-hydrogen) atoms. The summed E-state index contributed by atoms with van der Waals surface area (Å²) in [6.45, 7) is 1.78. The normalized spacial score (nSPS) is 21.5. The van der Waals surface area contributed by atoms with Crippen LogP contribution in [0.15, 0.2) is 5.51 Å². The van der Waals surface area contributed by atoms with E-state index in [0.717, 1.165) is 10.6 Å². The molecule has 68 valence electrons. The summed E-state index contributed by atoms with van der Waals surface area (Å²) >= 11 is 1.33. The van der Waals surface area contributed by atoms with E-state index in [1.165, 1.54) is 11.3 Å². The largest absolute Gasteiger partial charge is 0.415 e. The molecular weight excluding hydrogens is 192 g/mol. The smallest absolute Gasteiger partial charge is 0.374 e. The second-order valence-corrected chi connectivity index (χ2v) is 3.47. The third-order valence-corrected chi connectivity index (χ3v) is 2.73. The first-order chi connectivity index (χ1) is 6.18. The van der Waals surface area contributed by atoms with Crippen LogP contribution in [0.5, 0.6) is 0 Å². The minimum atomic E-state index is -0.692. The van der Waals surface area contributed by atoms with Crippen LogP contribution in [0.4, 0.5) is 4.79 Å². The van der Waals surface area contributed by atoms with Crippen LogP contribution in [0.1, 0.15) is 16.6 Å². The van der Waals surface area contributed by atoms with Crippen molar-refractivity contribution in [2.75, 3.05) is 0 Å². The molecule has 0 aromatic carbocycles. The van der Waals surface area contributed by atoms with Gasteiger partial charge in [-0.2, -0.15) is 0 Å². The maximum Gasteiger partial charge on any atom is 0.415 e. The molecule has 1 amide bonds. The fraction of sp³-hybridized carbons (Fsp3) is 0.286. The van der Waals surface area contributed by atoms with Crippen molar-refractivity contribution in [3.63, 3.8) is 0 Å². The van der Waals surface area contributed by atoms with Crippen molar-refractivity contribution in [1.82, 2.24) is 10.3 Å². The number of thiazole rings is 1. The SMILES string of the molecule is Cc1ncsc1C1NC(=O)OC1=O. The highest BCUT2D eigenvalue weighted by Gasteiger charge is 2.35. The molecule has 1 unspecified atom stereocenters. The van der Waals surface area contributed by atoms with Crippen molar-refractivity contribution in [2.24, 2.45) is 0 Å². The van der Waals surface area contributed by atoms with E-state index in [9.17, 15) is 9.59 Å². The number of ether oxygens (including phenoxy) is 1. The Bertz CT molecular complexity index is 374. The van der Waals surface area contributed by atoms with E-state index in [2.05, 4.69) is 15.0 Å². The van der Waals surface area contributed by atoms with Crippen molar-refractivity contribution in [1.29, 1.82) is 0 Å². The first-order valence-electron chi connectivity index (χ1n) is 3.60. The summed E-state index contributed by atoms with van der Waals surface area (Å²) in [5, 5.41) is 2.41. The summed E-state index contributed by atoms with van der Waals surface area (Å²) in [5.41, 5.74) is 2.37. The van der Waals surface area contributed by atoms with Crippen molar-refractivity contribution >= 4 is 23.4 Å². The topological polar surface area (TPSA) is 68.3 Å². The minimum absolute atomic E-state index is 0.558. The van der Waals surface area contributed by atoms with Crippen LogP contribution in [-0.4, -0.2) is 17.0 Å². The average Bonchev–Trinajstić information content (AvgIpc) is 2.58. The highest BCUT2D eigenvalue weighted by Crippen LogP contribution is 2.25. The number of aryl methyl sites for hydroxylation is 1. The number of esters is 1. The van der Waals surface area contributed by atoms with Crippen molar-refractivity contribution < 1.29 is 14.3 Å². The molecule has 1 atom stereocenters. The maximum absolute atomic E-state index is 11.1. The lowest BCUT2D eigenvalue weighted by atomic mass is 10.2. The van der Waals surface area contributed by atoms with Crippen LogP contribution >= 0.6 is 11.3 Å². The molecule has 0 aliphatic carbocycles. The fourth-order valence-corrected chi connectivity index (χ4v) is 1.96. The summed E-state index contributed by atoms with van der Waals surface area (Å²) in [4.78, 5) is 26.5. The highest BCUT2D eigenvalue weighted by atomic mass is 32.1. The number of amides is 1. The van der Waals surface area contributed by atoms with E-state index < -0.39 is 18.1 Å². The third-order valence-electron chi connectivity index (χ3n) is 1.74. The molecule has 2 heterocycles. The molecule has 2 rings (SSSR count). The van der Waals surface area contributed by atoms with E-state index in [4.69, 9.17) is 0 Å². The minimum Gasteiger partial charge on any atom is -0.374 e. The van der Waals surface area contributed by atoms with Crippen molar-refractivity contribution in [2.45, 2.75) is 13.0 Å². The van der Waals surface area contributed by atoms with Gasteiger partial charge in [-0.3, -0.25) is 0 Å². The number of alkyl carbamates (subject to hydrolysis) is 1. The number of carbonyl (C=O) groups excluding carboxylic acids is 2. The van der Waals surface area contributed by atoms with Crippen LogP contribution in [-0.2, 0) is 9.53 Å². The number of carbonyl (C=O) groups is 2. The Labute approximate surface area is 77.7 Å². The molecule has 1 fully saturated rings. The predicted octanol–water partition coefficient (Wildman–Crippen LogP) is 0.759. The second-order valence-electron chi connectivity index (χ2n) is 2.59. The zero-order chi connectivity index (χ0) is 9.42. The van der Waals surface area contributed by atoms with Gasteiger partial charge in [0, 0.05) is 0 Å². The Balaban J connectivity index is 2.32. The standard InChI is InChI=1S/C7H6N2O3S/c1-3-5(13-2-8-3)4-6(10)12-7(11)9-4/h2,4H,1H3,(H,9,11). The molecule has 1 aromatic rings. The fourth-order valence-electron chi connectivity index (χ4n) is 1.12. The van der Waals surface area contributed by atoms with E-state index in [1.54, 1.807) is 12.4 Å². The van der Waals surface area contributed by atoms with Gasteiger partial charge in [0.2, 0.25) is 0 Å². The lowest BCUT2D eigenvalue weighted by Crippen LogP contribution is -2.19. The predicted molar refractivity (Wildman–Crippen MR) is 44.2 cm³/mol. The van der Waals surface area contributed by atoms with Gasteiger partial charge < -0.3 is 10.1 Å². The molecule has 0 spiro atoms. The van der Waals surface area contributed by atoms with Crippen LogP contribution in [0.3, 0.4) is 0 Å². The molecule has 1 aliphatic rings. The Kier molecular flexibility index (Phi) is 1.77. The van der Waals surface area contributed by atoms with Gasteiger partial charge in [0.15, 0.2) is 6.04 Å². The number of nitrogens with one attached hydrogen (secondary N) is 1. The Morgan fingerprint density at radius 3 is 2.85 bits per heavy atom. The van der Waals surface area contributed by atoms with Crippen LogP contribution in [0.25, 0.3) is 0 Å². The van der Waals surface area contributed by atoms with E-state index >= 15 is 0 Å². The quantitative estimate of drug-likeness (QED) is 0.534. The second kappa shape index (κ2) is 2.81. The number of aromatic nitrogens is 1. The van der Waals surface area contributed by atoms with Gasteiger partial charge >= 0.3 is 12.1 Å². The molecular formula is C7H6N2O3S. The number of rotatable bonds is 1. The molecule has 1 N–H and O–H groups in total. The summed E-state index contributed by atoms with van der Waals surface area (Å²) in [6.07, 6.45) is -0.692. The Morgan fingerprint density at radius 1 is 1.62 bits per heavy atom. The molecule has 5 nitrogen and oxygen atoms in total. The average molecular weight is 198 g/mol. The van der Waals surface area contributed by atoms with Crippen molar-refractivity contribution in [3.05, 3.63) is 16.1 Å². The van der Waals surface area contributed by atoms with Crippen LogP contribution in [0, 0.1) is 6.92 Å². The number of nitrogens with zero attached hydrogens (tertiary/aromatic N) is 1. The first-order valence-corrected chi connectivity index (χ1v) is 4.48. The summed E-state index contributed by atoms with van der Waals surface area (Å²) in [6, 6.07) is -0.667. The zero-order valence-corrected chi connectivity index (χ0v) is 7.55. The lowest BCUT2D eigenvalue weighted by molar-refractivity contribution is -0.135. The summed E-state index contributed by atoms with van der Waals surface area (Å²) in [7, 11) is 0. The molecule has 0 saturated carbocycles. The van der Waals surface area contributed by atoms with Crippen LogP contribution < -0.4 is 5.32 Å². The highest BCUT2D eigenvalue weighted by molar-refractivity contribution is 7.10. The number of cyclic esters (lactones) is 2. The van der Waals surface area contributed by atoms with E-state index in [1.807, 2.05) is 0 Å². The van der Waals surface area contributed by atoms with Crippen LogP contribution in [0.2, 0.25) is 0 Å². The molecule has 1 aromatic heterocycles. The summed E-state index contributed by atoms with van der Waals surface area (Å²) < 4.78 is 4.34. The van der Waals surface area contributed by atoms with E-state index in [0.29, 0.717) is 0 Å². The van der Waals surface area contributed by atoms with E-state index in [-0.39, 0.29) is 0 Å². The Morgan fingerprint density at radius 2 is 2.38 bits per heavy atom. The Hall–Kier alpha value is -1.43. The monoisotopic (exact) mass is 198 g/mol. The van der Waals surface area contributed by atoms with Gasteiger partial charge in [-0.25, -0.2) is 14.6 Å². The molecule has 1 aliphatic heterocycles.